The lowest BCUT2D eigenvalue weighted by Gasteiger charge is -2.11. The van der Waals surface area contributed by atoms with Crippen molar-refractivity contribution in [1.29, 1.82) is 0 Å². The van der Waals surface area contributed by atoms with Gasteiger partial charge in [0.15, 0.2) is 0 Å². The molecule has 1 N–H and O–H groups in total. The lowest BCUT2D eigenvalue weighted by molar-refractivity contribution is -0.142. The van der Waals surface area contributed by atoms with Crippen LogP contribution in [0.1, 0.15) is 30.2 Å². The Morgan fingerprint density at radius 2 is 2.28 bits per heavy atom. The van der Waals surface area contributed by atoms with E-state index in [0.29, 0.717) is 0 Å². The minimum Gasteiger partial charge on any atom is -0.506 e. The molecule has 0 aliphatic heterocycles. The smallest absolute Gasteiger partial charge is 0.312 e. The second kappa shape index (κ2) is 6.49. The third-order valence-electron chi connectivity index (χ3n) is 2.25. The van der Waals surface area contributed by atoms with Crippen molar-refractivity contribution in [2.45, 2.75) is 25.7 Å². The topological polar surface area (TPSA) is 59.4 Å². The van der Waals surface area contributed by atoms with Crippen LogP contribution in [0.3, 0.4) is 0 Å². The summed E-state index contributed by atoms with van der Waals surface area (Å²) in [6.45, 7) is 1.83. The number of alkyl halides is 3. The Hall–Kier alpha value is -1.43. The summed E-state index contributed by atoms with van der Waals surface area (Å²) in [6.07, 6.45) is -2.15. The number of carbonyl (C=O) groups excluding carboxylic acids is 1. The molecule has 0 atom stereocenters. The van der Waals surface area contributed by atoms with Crippen molar-refractivity contribution in [3.8, 4) is 5.75 Å². The van der Waals surface area contributed by atoms with Crippen LogP contribution in [0.5, 0.6) is 5.75 Å². The van der Waals surface area contributed by atoms with Crippen molar-refractivity contribution in [2.75, 3.05) is 6.61 Å². The molecule has 7 heteroatoms. The van der Waals surface area contributed by atoms with Crippen molar-refractivity contribution >= 4 is 17.6 Å². The Kier molecular flexibility index (Phi) is 5.27. The van der Waals surface area contributed by atoms with Crippen molar-refractivity contribution in [2.24, 2.45) is 0 Å². The van der Waals surface area contributed by atoms with Crippen LogP contribution in [-0.4, -0.2) is 22.7 Å². The van der Waals surface area contributed by atoms with Crippen LogP contribution in [0.15, 0.2) is 6.20 Å². The largest absolute Gasteiger partial charge is 0.506 e. The zero-order chi connectivity index (χ0) is 13.7. The maximum absolute atomic E-state index is 12.6. The van der Waals surface area contributed by atoms with Crippen LogP contribution in [0.25, 0.3) is 0 Å². The lowest BCUT2D eigenvalue weighted by atomic mass is 10.1. The maximum atomic E-state index is 12.6. The average Bonchev–Trinajstić information content (AvgIpc) is 2.31. The molecule has 1 heterocycles. The van der Waals surface area contributed by atoms with E-state index in [1.165, 1.54) is 0 Å². The van der Waals surface area contributed by atoms with E-state index in [-0.39, 0.29) is 30.2 Å². The number of hydrogen-bond acceptors (Lipinski definition) is 4. The zero-order valence-electron chi connectivity index (χ0n) is 9.62. The average molecular weight is 280 g/mol. The van der Waals surface area contributed by atoms with Crippen LogP contribution in [-0.2, 0) is 21.8 Å². The van der Waals surface area contributed by atoms with Gasteiger partial charge in [-0.25, -0.2) is 8.78 Å². The van der Waals surface area contributed by atoms with E-state index >= 15 is 0 Å². The van der Waals surface area contributed by atoms with E-state index in [9.17, 15) is 18.7 Å². The van der Waals surface area contributed by atoms with Crippen LogP contribution in [0, 0.1) is 0 Å². The number of esters is 1. The van der Waals surface area contributed by atoms with Gasteiger partial charge in [0.25, 0.3) is 6.43 Å². The Labute approximate surface area is 108 Å². The summed E-state index contributed by atoms with van der Waals surface area (Å²) in [4.78, 5) is 14.9. The minimum atomic E-state index is -2.78. The number of aromatic nitrogens is 1. The molecule has 1 aromatic heterocycles. The molecule has 18 heavy (non-hydrogen) atoms. The number of nitrogens with zero attached hydrogens (tertiary/aromatic N) is 1. The van der Waals surface area contributed by atoms with Gasteiger partial charge in [0, 0.05) is 17.3 Å². The first kappa shape index (κ1) is 14.6. The van der Waals surface area contributed by atoms with Gasteiger partial charge in [-0.2, -0.15) is 0 Å². The molecular weight excluding hydrogens is 268 g/mol. The van der Waals surface area contributed by atoms with Gasteiger partial charge in [0.05, 0.1) is 24.6 Å². The fourth-order valence-electron chi connectivity index (χ4n) is 1.40. The van der Waals surface area contributed by atoms with Gasteiger partial charge < -0.3 is 9.84 Å². The second-order valence-corrected chi connectivity index (χ2v) is 3.67. The lowest BCUT2D eigenvalue weighted by Crippen LogP contribution is -2.10. The van der Waals surface area contributed by atoms with Crippen LogP contribution >= 0.6 is 11.6 Å². The fourth-order valence-corrected chi connectivity index (χ4v) is 1.68. The summed E-state index contributed by atoms with van der Waals surface area (Å²) in [7, 11) is 0. The molecule has 4 nitrogen and oxygen atoms in total. The Bertz CT molecular complexity index is 441. The van der Waals surface area contributed by atoms with Crippen LogP contribution in [0.4, 0.5) is 8.78 Å². The Balaban J connectivity index is 3.05. The van der Waals surface area contributed by atoms with Gasteiger partial charge in [0.2, 0.25) is 0 Å². The molecule has 0 spiro atoms. The molecule has 0 fully saturated rings. The SMILES string of the molecule is CCOC(=O)Cc1ncc(C(F)F)c(CCl)c1O. The summed E-state index contributed by atoms with van der Waals surface area (Å²) >= 11 is 5.51. The van der Waals surface area contributed by atoms with Gasteiger partial charge in [-0.05, 0) is 6.92 Å². The van der Waals surface area contributed by atoms with E-state index in [0.717, 1.165) is 6.20 Å². The number of hydrogen-bond donors (Lipinski definition) is 1. The normalized spacial score (nSPS) is 10.7. The van der Waals surface area contributed by atoms with E-state index in [4.69, 9.17) is 11.6 Å². The minimum absolute atomic E-state index is 0.0199. The first-order chi connectivity index (χ1) is 8.51. The highest BCUT2D eigenvalue weighted by molar-refractivity contribution is 6.17. The Morgan fingerprint density at radius 3 is 2.78 bits per heavy atom. The van der Waals surface area contributed by atoms with Gasteiger partial charge in [-0.1, -0.05) is 0 Å². The monoisotopic (exact) mass is 279 g/mol. The highest BCUT2D eigenvalue weighted by atomic mass is 35.5. The Morgan fingerprint density at radius 1 is 1.61 bits per heavy atom. The molecule has 0 aliphatic carbocycles. The molecule has 0 unspecified atom stereocenters. The highest BCUT2D eigenvalue weighted by Crippen LogP contribution is 2.32. The van der Waals surface area contributed by atoms with Crippen LogP contribution in [0.2, 0.25) is 0 Å². The predicted octanol–water partition coefficient (Wildman–Crippen LogP) is 2.57. The zero-order valence-corrected chi connectivity index (χ0v) is 10.4. The van der Waals surface area contributed by atoms with E-state index in [2.05, 4.69) is 9.72 Å². The third kappa shape index (κ3) is 3.29. The van der Waals surface area contributed by atoms with Gasteiger partial charge >= 0.3 is 5.97 Å². The number of carbonyl (C=O) groups is 1. The molecule has 0 radical (unpaired) electrons. The van der Waals surface area contributed by atoms with Gasteiger partial charge in [-0.3, -0.25) is 9.78 Å². The third-order valence-corrected chi connectivity index (χ3v) is 2.52. The molecular formula is C11H12ClF2NO3. The number of rotatable bonds is 5. The van der Waals surface area contributed by atoms with Gasteiger partial charge in [0.1, 0.15) is 5.75 Å². The molecule has 0 saturated carbocycles. The molecule has 0 aliphatic rings. The highest BCUT2D eigenvalue weighted by Gasteiger charge is 2.20. The van der Waals surface area contributed by atoms with Crippen molar-refractivity contribution in [3.63, 3.8) is 0 Å². The van der Waals surface area contributed by atoms with Crippen molar-refractivity contribution in [3.05, 3.63) is 23.0 Å². The molecule has 100 valence electrons. The van der Waals surface area contributed by atoms with E-state index in [1.807, 2.05) is 0 Å². The quantitative estimate of drug-likeness (QED) is 0.665. The second-order valence-electron chi connectivity index (χ2n) is 3.40. The van der Waals surface area contributed by atoms with Gasteiger partial charge in [-0.15, -0.1) is 11.6 Å². The van der Waals surface area contributed by atoms with E-state index < -0.39 is 23.7 Å². The standard InChI is InChI=1S/C11H12ClF2NO3/c1-2-18-9(16)3-8-10(17)6(4-12)7(5-15-8)11(13)14/h5,11,17H,2-4H2,1H3. The molecule has 1 aromatic rings. The predicted molar refractivity (Wildman–Crippen MR) is 60.8 cm³/mol. The summed E-state index contributed by atoms with van der Waals surface area (Å²) in [5, 5.41) is 9.75. The summed E-state index contributed by atoms with van der Waals surface area (Å²) in [6, 6.07) is 0. The summed E-state index contributed by atoms with van der Waals surface area (Å²) < 4.78 is 29.9. The fraction of sp³-hybridized carbons (Fsp3) is 0.455. The van der Waals surface area contributed by atoms with E-state index in [1.54, 1.807) is 6.92 Å². The first-order valence-corrected chi connectivity index (χ1v) is 5.74. The first-order valence-electron chi connectivity index (χ1n) is 5.20. The molecule has 0 saturated heterocycles. The number of pyridine rings is 1. The molecule has 0 bridgehead atoms. The van der Waals surface area contributed by atoms with Crippen molar-refractivity contribution < 1.29 is 23.4 Å². The number of aromatic hydroxyl groups is 1. The number of ether oxygens (including phenoxy) is 1. The van der Waals surface area contributed by atoms with Crippen molar-refractivity contribution in [1.82, 2.24) is 4.98 Å². The number of halogens is 3. The maximum Gasteiger partial charge on any atom is 0.312 e. The summed E-state index contributed by atoms with van der Waals surface area (Å²) in [5.74, 6) is -1.36. The molecule has 0 amide bonds. The van der Waals surface area contributed by atoms with Crippen LogP contribution < -0.4 is 0 Å². The summed E-state index contributed by atoms with van der Waals surface area (Å²) in [5.41, 5.74) is -0.565. The molecule has 1 rings (SSSR count). The molecule has 0 aromatic carbocycles.